The van der Waals surface area contributed by atoms with Crippen molar-refractivity contribution in [1.82, 2.24) is 4.72 Å². The van der Waals surface area contributed by atoms with E-state index in [1.165, 1.54) is 24.3 Å². The maximum atomic E-state index is 13.5. The van der Waals surface area contributed by atoms with E-state index in [1.807, 2.05) is 6.92 Å². The lowest BCUT2D eigenvalue weighted by atomic mass is 10.2. The fourth-order valence-corrected chi connectivity index (χ4v) is 4.48. The highest BCUT2D eigenvalue weighted by atomic mass is 32.2. The number of rotatable bonds is 7. The van der Waals surface area contributed by atoms with E-state index >= 15 is 0 Å². The molecule has 2 aromatic rings. The summed E-state index contributed by atoms with van der Waals surface area (Å²) in [6.07, 6.45) is 3.48. The van der Waals surface area contributed by atoms with Crippen LogP contribution in [0.5, 0.6) is 0 Å². The summed E-state index contributed by atoms with van der Waals surface area (Å²) in [5.74, 6) is -0.234. The van der Waals surface area contributed by atoms with Gasteiger partial charge in [-0.25, -0.2) is 12.8 Å². The Morgan fingerprint density at radius 3 is 2.71 bits per heavy atom. The zero-order chi connectivity index (χ0) is 22.3. The van der Waals surface area contributed by atoms with Gasteiger partial charge >= 0.3 is 0 Å². The number of likely N-dealkylation sites (N-methyl/N-ethyl adjacent to an activating group) is 1. The number of aliphatic imine (C=N–C) groups is 1. The number of carbonyl (C=O) groups is 1. The van der Waals surface area contributed by atoms with E-state index in [0.29, 0.717) is 36.7 Å². The molecular formula is C22H27FN4O3S. The molecule has 2 aromatic carbocycles. The van der Waals surface area contributed by atoms with E-state index < -0.39 is 10.0 Å². The average molecular weight is 447 g/mol. The molecule has 166 valence electrons. The summed E-state index contributed by atoms with van der Waals surface area (Å²) in [4.78, 5) is 18.6. The molecule has 1 heterocycles. The third-order valence-corrected chi connectivity index (χ3v) is 6.32. The molecule has 0 aromatic heterocycles. The first-order chi connectivity index (χ1) is 14.9. The number of halogens is 1. The predicted molar refractivity (Wildman–Crippen MR) is 120 cm³/mol. The number of nitrogens with zero attached hydrogens (tertiary/aromatic N) is 2. The number of benzene rings is 2. The van der Waals surface area contributed by atoms with E-state index in [-0.39, 0.29) is 23.2 Å². The molecule has 1 amide bonds. The molecule has 0 aliphatic carbocycles. The second-order valence-electron chi connectivity index (χ2n) is 7.31. The van der Waals surface area contributed by atoms with Crippen molar-refractivity contribution in [2.45, 2.75) is 37.5 Å². The van der Waals surface area contributed by atoms with Gasteiger partial charge in [-0.2, -0.15) is 0 Å². The van der Waals surface area contributed by atoms with Crippen molar-refractivity contribution in [1.29, 1.82) is 0 Å². The first-order valence-electron chi connectivity index (χ1n) is 10.3. The second-order valence-corrected chi connectivity index (χ2v) is 9.00. The van der Waals surface area contributed by atoms with Gasteiger partial charge in [-0.3, -0.25) is 14.5 Å². The molecule has 0 unspecified atom stereocenters. The molecular weight excluding hydrogens is 419 g/mol. The average Bonchev–Trinajstić information content (AvgIpc) is 3.00. The number of amidine groups is 1. The lowest BCUT2D eigenvalue weighted by molar-refractivity contribution is -0.115. The number of hydrogen-bond acceptors (Lipinski definition) is 5. The van der Waals surface area contributed by atoms with Crippen molar-refractivity contribution >= 4 is 33.1 Å². The number of amides is 1. The molecule has 2 N–H and O–H groups in total. The van der Waals surface area contributed by atoms with E-state index in [2.05, 4.69) is 15.0 Å². The molecule has 0 saturated carbocycles. The fourth-order valence-electron chi connectivity index (χ4n) is 3.34. The first-order valence-corrected chi connectivity index (χ1v) is 11.8. The highest BCUT2D eigenvalue weighted by molar-refractivity contribution is 7.90. The van der Waals surface area contributed by atoms with Gasteiger partial charge in [0.2, 0.25) is 5.91 Å². The van der Waals surface area contributed by atoms with E-state index in [9.17, 15) is 17.6 Å². The van der Waals surface area contributed by atoms with Gasteiger partial charge < -0.3 is 10.2 Å². The number of carbonyl (C=O) groups excluding carboxylic acids is 1. The van der Waals surface area contributed by atoms with E-state index in [1.54, 1.807) is 29.2 Å². The second kappa shape index (κ2) is 10.4. The molecule has 3 rings (SSSR count). The molecule has 31 heavy (non-hydrogen) atoms. The molecule has 1 aliphatic heterocycles. The Morgan fingerprint density at radius 2 is 1.94 bits per heavy atom. The van der Waals surface area contributed by atoms with Crippen LogP contribution in [0.1, 0.15) is 32.6 Å². The molecule has 0 saturated heterocycles. The minimum absolute atomic E-state index is 0.00594. The van der Waals surface area contributed by atoms with Gasteiger partial charge in [0.1, 0.15) is 11.7 Å². The molecule has 0 radical (unpaired) electrons. The van der Waals surface area contributed by atoms with Crippen LogP contribution < -0.4 is 14.9 Å². The van der Waals surface area contributed by atoms with Crippen molar-refractivity contribution in [3.63, 3.8) is 0 Å². The Labute approximate surface area is 182 Å². The van der Waals surface area contributed by atoms with Crippen LogP contribution in [0.15, 0.2) is 58.4 Å². The quantitative estimate of drug-likeness (QED) is 0.681. The molecule has 1 aliphatic rings. The molecule has 0 atom stereocenters. The van der Waals surface area contributed by atoms with E-state index in [4.69, 9.17) is 0 Å². The van der Waals surface area contributed by atoms with Crippen molar-refractivity contribution in [3.8, 4) is 0 Å². The Kier molecular flexibility index (Phi) is 7.62. The molecule has 7 nitrogen and oxygen atoms in total. The van der Waals surface area contributed by atoms with Crippen LogP contribution in [-0.4, -0.2) is 39.8 Å². The van der Waals surface area contributed by atoms with Gasteiger partial charge in [0.15, 0.2) is 0 Å². The van der Waals surface area contributed by atoms with Gasteiger partial charge in [0.05, 0.1) is 11.4 Å². The summed E-state index contributed by atoms with van der Waals surface area (Å²) in [5, 5.41) is 2.72. The zero-order valence-electron chi connectivity index (χ0n) is 17.5. The first kappa shape index (κ1) is 22.7. The Morgan fingerprint density at radius 1 is 1.13 bits per heavy atom. The lowest BCUT2D eigenvalue weighted by Crippen LogP contribution is -2.33. The standard InChI is InChI=1S/C22H27FN4O3S/c1-2-27(19-10-6-8-17(23)14-19)16-22(28)25-18-9-7-11-20(15-18)31(29,30)26-21-12-4-3-5-13-24-21/h6-11,14-15H,2-5,12-13,16H2,1H3,(H,24,26)(H,25,28). The SMILES string of the molecule is CCN(CC(=O)Nc1cccc(S(=O)(=O)NC2=NCCCCC2)c1)c1cccc(F)c1. The highest BCUT2D eigenvalue weighted by Gasteiger charge is 2.18. The van der Waals surface area contributed by atoms with Gasteiger partial charge in [-0.15, -0.1) is 0 Å². The van der Waals surface area contributed by atoms with E-state index in [0.717, 1.165) is 19.3 Å². The Bertz CT molecular complexity index is 1060. The topological polar surface area (TPSA) is 90.9 Å². The molecule has 9 heteroatoms. The van der Waals surface area contributed by atoms with Crippen LogP contribution in [0, 0.1) is 5.82 Å². The van der Waals surface area contributed by atoms with Gasteiger partial charge in [0.25, 0.3) is 10.0 Å². The summed E-state index contributed by atoms with van der Waals surface area (Å²) in [5.41, 5.74) is 0.966. The summed E-state index contributed by atoms with van der Waals surface area (Å²) in [6.45, 7) is 3.00. The normalized spacial score (nSPS) is 14.3. The number of anilines is 2. The number of hydrogen-bond donors (Lipinski definition) is 2. The molecule has 0 spiro atoms. The van der Waals surface area contributed by atoms with Crippen molar-refractivity contribution in [2.24, 2.45) is 4.99 Å². The van der Waals surface area contributed by atoms with Gasteiger partial charge in [-0.05, 0) is 56.2 Å². The maximum Gasteiger partial charge on any atom is 0.262 e. The largest absolute Gasteiger partial charge is 0.362 e. The number of sulfonamides is 1. The fraction of sp³-hybridized carbons (Fsp3) is 0.364. The highest BCUT2D eigenvalue weighted by Crippen LogP contribution is 2.18. The summed E-state index contributed by atoms with van der Waals surface area (Å²) in [6, 6.07) is 12.1. The van der Waals surface area contributed by atoms with Crippen LogP contribution in [0.25, 0.3) is 0 Å². The third-order valence-electron chi connectivity index (χ3n) is 4.94. The van der Waals surface area contributed by atoms with Gasteiger partial charge in [-0.1, -0.05) is 18.6 Å². The van der Waals surface area contributed by atoms with Crippen LogP contribution in [-0.2, 0) is 14.8 Å². The van der Waals surface area contributed by atoms with Gasteiger partial charge in [0, 0.05) is 30.9 Å². The zero-order valence-corrected chi connectivity index (χ0v) is 18.3. The van der Waals surface area contributed by atoms with Crippen LogP contribution >= 0.6 is 0 Å². The van der Waals surface area contributed by atoms with Crippen molar-refractivity contribution < 1.29 is 17.6 Å². The summed E-state index contributed by atoms with van der Waals surface area (Å²) < 4.78 is 41.5. The predicted octanol–water partition coefficient (Wildman–Crippen LogP) is 3.54. The Balaban J connectivity index is 1.68. The maximum absolute atomic E-state index is 13.5. The summed E-state index contributed by atoms with van der Waals surface area (Å²) >= 11 is 0. The smallest absolute Gasteiger partial charge is 0.262 e. The molecule has 0 fully saturated rings. The minimum atomic E-state index is -3.79. The number of nitrogens with one attached hydrogen (secondary N) is 2. The van der Waals surface area contributed by atoms with Crippen LogP contribution in [0.4, 0.5) is 15.8 Å². The third kappa shape index (κ3) is 6.52. The minimum Gasteiger partial charge on any atom is -0.362 e. The van der Waals surface area contributed by atoms with Crippen molar-refractivity contribution in [2.75, 3.05) is 29.9 Å². The lowest BCUT2D eigenvalue weighted by Gasteiger charge is -2.22. The van der Waals surface area contributed by atoms with Crippen molar-refractivity contribution in [3.05, 3.63) is 54.3 Å². The Hall–Kier alpha value is -2.94. The van der Waals surface area contributed by atoms with Crippen LogP contribution in [0.3, 0.4) is 0 Å². The summed E-state index contributed by atoms with van der Waals surface area (Å²) in [7, 11) is -3.79. The monoisotopic (exact) mass is 446 g/mol. The molecule has 0 bridgehead atoms. The van der Waals surface area contributed by atoms with Crippen LogP contribution in [0.2, 0.25) is 0 Å².